The first-order valence-corrected chi connectivity index (χ1v) is 10.1. The molecule has 7 heteroatoms. The monoisotopic (exact) mass is 422 g/mol. The summed E-state index contributed by atoms with van der Waals surface area (Å²) in [7, 11) is 0. The van der Waals surface area contributed by atoms with Crippen LogP contribution < -0.4 is 10.1 Å². The molecule has 30 heavy (non-hydrogen) atoms. The van der Waals surface area contributed by atoms with Crippen molar-refractivity contribution >= 4 is 23.2 Å². The van der Waals surface area contributed by atoms with Crippen LogP contribution in [0.15, 0.2) is 48.5 Å². The Hall–Kier alpha value is -3.30. The van der Waals surface area contributed by atoms with Crippen LogP contribution in [0.1, 0.15) is 29.8 Å². The van der Waals surface area contributed by atoms with E-state index in [-0.39, 0.29) is 5.91 Å². The van der Waals surface area contributed by atoms with Gasteiger partial charge in [-0.2, -0.15) is 10.4 Å². The van der Waals surface area contributed by atoms with E-state index in [9.17, 15) is 4.79 Å². The van der Waals surface area contributed by atoms with Gasteiger partial charge in [0.25, 0.3) is 0 Å². The van der Waals surface area contributed by atoms with Gasteiger partial charge in [0, 0.05) is 12.1 Å². The Labute approximate surface area is 181 Å². The fourth-order valence-electron chi connectivity index (χ4n) is 3.23. The third-order valence-electron chi connectivity index (χ3n) is 4.79. The van der Waals surface area contributed by atoms with Crippen LogP contribution in [0.25, 0.3) is 0 Å². The summed E-state index contributed by atoms with van der Waals surface area (Å²) in [5.74, 6) is 0.932. The lowest BCUT2D eigenvalue weighted by Gasteiger charge is -2.13. The summed E-state index contributed by atoms with van der Waals surface area (Å²) >= 11 is 6.18. The molecule has 0 aliphatic heterocycles. The second-order valence-electron chi connectivity index (χ2n) is 6.86. The van der Waals surface area contributed by atoms with Gasteiger partial charge in [-0.1, -0.05) is 35.9 Å². The maximum atomic E-state index is 12.6. The Morgan fingerprint density at radius 2 is 1.87 bits per heavy atom. The molecule has 0 atom stereocenters. The summed E-state index contributed by atoms with van der Waals surface area (Å²) in [6, 6.07) is 16.6. The van der Waals surface area contributed by atoms with Gasteiger partial charge in [-0.15, -0.1) is 0 Å². The van der Waals surface area contributed by atoms with Gasteiger partial charge >= 0.3 is 0 Å². The SMILES string of the molecule is Cc1nn(CCC#N)c(C)c1CCC(=O)Nc1ccccc1Oc1ccccc1Cl. The van der Waals surface area contributed by atoms with E-state index in [2.05, 4.69) is 16.5 Å². The third kappa shape index (κ3) is 5.19. The Balaban J connectivity index is 1.66. The van der Waals surface area contributed by atoms with E-state index in [1.807, 2.05) is 42.8 Å². The first-order chi connectivity index (χ1) is 14.5. The summed E-state index contributed by atoms with van der Waals surface area (Å²) < 4.78 is 7.73. The molecule has 0 fully saturated rings. The van der Waals surface area contributed by atoms with Gasteiger partial charge in [-0.3, -0.25) is 9.48 Å². The lowest BCUT2D eigenvalue weighted by atomic mass is 10.1. The highest BCUT2D eigenvalue weighted by Crippen LogP contribution is 2.33. The number of nitriles is 1. The van der Waals surface area contributed by atoms with Gasteiger partial charge in [-0.25, -0.2) is 0 Å². The second kappa shape index (κ2) is 9.95. The molecule has 0 saturated carbocycles. The minimum Gasteiger partial charge on any atom is -0.454 e. The zero-order valence-electron chi connectivity index (χ0n) is 17.0. The van der Waals surface area contributed by atoms with E-state index in [0.717, 1.165) is 17.0 Å². The van der Waals surface area contributed by atoms with E-state index >= 15 is 0 Å². The van der Waals surface area contributed by atoms with Crippen LogP contribution in [0.3, 0.4) is 0 Å². The van der Waals surface area contributed by atoms with Gasteiger partial charge in [0.2, 0.25) is 5.91 Å². The molecule has 154 valence electrons. The Kier molecular flexibility index (Phi) is 7.10. The Morgan fingerprint density at radius 1 is 1.17 bits per heavy atom. The second-order valence-corrected chi connectivity index (χ2v) is 7.26. The van der Waals surface area contributed by atoms with Crippen LogP contribution in [0.2, 0.25) is 5.02 Å². The first-order valence-electron chi connectivity index (χ1n) is 9.70. The largest absolute Gasteiger partial charge is 0.454 e. The molecule has 0 aliphatic carbocycles. The molecule has 2 aromatic carbocycles. The fraction of sp³-hybridized carbons (Fsp3) is 0.261. The average molecular weight is 423 g/mol. The number of aryl methyl sites for hydroxylation is 2. The number of carbonyl (C=O) groups excluding carboxylic acids is 1. The van der Waals surface area contributed by atoms with Gasteiger partial charge in [0.15, 0.2) is 5.75 Å². The van der Waals surface area contributed by atoms with Crippen LogP contribution in [-0.4, -0.2) is 15.7 Å². The predicted octanol–water partition coefficient (Wildman–Crippen LogP) is 5.43. The number of hydrogen-bond acceptors (Lipinski definition) is 4. The van der Waals surface area contributed by atoms with Gasteiger partial charge in [0.05, 0.1) is 35.4 Å². The van der Waals surface area contributed by atoms with E-state index < -0.39 is 0 Å². The number of benzene rings is 2. The number of hydrogen-bond donors (Lipinski definition) is 1. The van der Waals surface area contributed by atoms with Gasteiger partial charge in [-0.05, 0) is 50.1 Å². The van der Waals surface area contributed by atoms with Gasteiger partial charge in [0.1, 0.15) is 5.75 Å². The van der Waals surface area contributed by atoms with Crippen molar-refractivity contribution < 1.29 is 9.53 Å². The molecule has 1 amide bonds. The first kappa shape index (κ1) is 21.4. The Morgan fingerprint density at radius 3 is 2.60 bits per heavy atom. The summed E-state index contributed by atoms with van der Waals surface area (Å²) in [5, 5.41) is 16.7. The van der Waals surface area contributed by atoms with E-state index in [1.54, 1.807) is 24.3 Å². The number of rotatable bonds is 8. The topological polar surface area (TPSA) is 79.9 Å². The van der Waals surface area contributed by atoms with Crippen molar-refractivity contribution in [3.05, 3.63) is 70.5 Å². The van der Waals surface area contributed by atoms with Crippen molar-refractivity contribution in [2.45, 2.75) is 39.7 Å². The number of ether oxygens (including phenoxy) is 1. The molecule has 0 aliphatic rings. The summed E-state index contributed by atoms with van der Waals surface area (Å²) in [6.45, 7) is 4.45. The third-order valence-corrected chi connectivity index (χ3v) is 5.10. The molecule has 1 N–H and O–H groups in total. The highest BCUT2D eigenvalue weighted by atomic mass is 35.5. The molecule has 0 unspecified atom stereocenters. The van der Waals surface area contributed by atoms with Crippen LogP contribution >= 0.6 is 11.6 Å². The van der Waals surface area contributed by atoms with Crippen LogP contribution in [-0.2, 0) is 17.8 Å². The van der Waals surface area contributed by atoms with Crippen LogP contribution in [0.5, 0.6) is 11.5 Å². The normalized spacial score (nSPS) is 10.5. The molecule has 1 heterocycles. The summed E-state index contributed by atoms with van der Waals surface area (Å²) in [4.78, 5) is 12.6. The molecule has 6 nitrogen and oxygen atoms in total. The van der Waals surface area contributed by atoms with E-state index in [0.29, 0.717) is 48.0 Å². The standard InChI is InChI=1S/C23H23ClN4O2/c1-16-18(17(2)28(27-16)15-7-14-25)12-13-23(29)26-20-9-4-6-11-22(20)30-21-10-5-3-8-19(21)24/h3-6,8-11H,7,12-13,15H2,1-2H3,(H,26,29). The molecular weight excluding hydrogens is 400 g/mol. The quantitative estimate of drug-likeness (QED) is 0.524. The average Bonchev–Trinajstić information content (AvgIpc) is 3.00. The van der Waals surface area contributed by atoms with Crippen LogP contribution in [0.4, 0.5) is 5.69 Å². The molecule has 0 saturated heterocycles. The molecule has 3 aromatic rings. The smallest absolute Gasteiger partial charge is 0.224 e. The number of aromatic nitrogens is 2. The lowest BCUT2D eigenvalue weighted by Crippen LogP contribution is -2.13. The molecule has 0 spiro atoms. The molecule has 1 aromatic heterocycles. The van der Waals surface area contributed by atoms with Gasteiger partial charge < -0.3 is 10.1 Å². The zero-order chi connectivity index (χ0) is 21.5. The number of nitrogens with one attached hydrogen (secondary N) is 1. The van der Waals surface area contributed by atoms with Crippen molar-refractivity contribution in [1.82, 2.24) is 9.78 Å². The van der Waals surface area contributed by atoms with Crippen molar-refractivity contribution in [1.29, 1.82) is 5.26 Å². The number of halogens is 1. The molecular formula is C23H23ClN4O2. The van der Waals surface area contributed by atoms with E-state index in [4.69, 9.17) is 21.6 Å². The highest BCUT2D eigenvalue weighted by molar-refractivity contribution is 6.32. The minimum atomic E-state index is -0.117. The lowest BCUT2D eigenvalue weighted by molar-refractivity contribution is -0.116. The van der Waals surface area contributed by atoms with Crippen LogP contribution in [0, 0.1) is 25.2 Å². The maximum absolute atomic E-state index is 12.6. The van der Waals surface area contributed by atoms with Crippen molar-refractivity contribution in [3.63, 3.8) is 0 Å². The molecule has 0 radical (unpaired) electrons. The fourth-order valence-corrected chi connectivity index (χ4v) is 3.40. The predicted molar refractivity (Wildman–Crippen MR) is 117 cm³/mol. The zero-order valence-corrected chi connectivity index (χ0v) is 17.7. The molecule has 0 bridgehead atoms. The number of carbonyl (C=O) groups is 1. The number of nitrogens with zero attached hydrogens (tertiary/aromatic N) is 3. The number of amides is 1. The van der Waals surface area contributed by atoms with E-state index in [1.165, 1.54) is 0 Å². The van der Waals surface area contributed by atoms with Crippen molar-refractivity contribution in [2.24, 2.45) is 0 Å². The summed E-state index contributed by atoms with van der Waals surface area (Å²) in [6.07, 6.45) is 1.29. The Bertz CT molecular complexity index is 1090. The number of anilines is 1. The highest BCUT2D eigenvalue weighted by Gasteiger charge is 2.14. The number of para-hydroxylation sites is 3. The maximum Gasteiger partial charge on any atom is 0.224 e. The molecule has 3 rings (SSSR count). The van der Waals surface area contributed by atoms with Crippen molar-refractivity contribution in [3.8, 4) is 17.6 Å². The van der Waals surface area contributed by atoms with Crippen molar-refractivity contribution in [2.75, 3.05) is 5.32 Å². The minimum absolute atomic E-state index is 0.117. The summed E-state index contributed by atoms with van der Waals surface area (Å²) in [5.41, 5.74) is 3.52.